The van der Waals surface area contributed by atoms with Crippen LogP contribution in [0.4, 0.5) is 5.69 Å². The van der Waals surface area contributed by atoms with E-state index in [9.17, 15) is 19.7 Å². The second-order valence-corrected chi connectivity index (χ2v) is 6.21. The minimum atomic E-state index is -0.733. The number of ether oxygens (including phenoxy) is 2. The summed E-state index contributed by atoms with van der Waals surface area (Å²) in [6, 6.07) is 6.10. The first kappa shape index (κ1) is 19.6. The highest BCUT2D eigenvalue weighted by atomic mass is 16.6. The molecule has 140 valence electrons. The smallest absolute Gasteiger partial charge is 0.336 e. The number of rotatable bonds is 7. The van der Waals surface area contributed by atoms with E-state index in [0.29, 0.717) is 11.3 Å². The van der Waals surface area contributed by atoms with Crippen molar-refractivity contribution in [3.63, 3.8) is 0 Å². The number of nitrogens with zero attached hydrogens (tertiary/aromatic N) is 1. The Hall–Kier alpha value is -2.74. The van der Waals surface area contributed by atoms with Gasteiger partial charge in [0.15, 0.2) is 0 Å². The van der Waals surface area contributed by atoms with Gasteiger partial charge >= 0.3 is 5.97 Å². The molecule has 1 aliphatic rings. The molecule has 0 saturated heterocycles. The van der Waals surface area contributed by atoms with Crippen LogP contribution in [0.5, 0.6) is 0 Å². The average Bonchev–Trinajstić information content (AvgIpc) is 2.57. The van der Waals surface area contributed by atoms with E-state index in [4.69, 9.17) is 9.47 Å². The number of nitro groups is 1. The molecule has 1 aromatic rings. The van der Waals surface area contributed by atoms with Gasteiger partial charge in [-0.2, -0.15) is 0 Å². The Balaban J connectivity index is 2.29. The fraction of sp³-hybridized carbons (Fsp3) is 0.444. The number of hydrogen-bond donors (Lipinski definition) is 1. The quantitative estimate of drug-likeness (QED) is 0.345. The van der Waals surface area contributed by atoms with Crippen LogP contribution in [0.25, 0.3) is 0 Å². The van der Waals surface area contributed by atoms with E-state index in [1.807, 2.05) is 13.8 Å². The van der Waals surface area contributed by atoms with Crippen LogP contribution < -0.4 is 5.32 Å². The second-order valence-electron chi connectivity index (χ2n) is 6.21. The summed E-state index contributed by atoms with van der Waals surface area (Å²) in [6.45, 7) is 5.63. The number of nitrogens with one attached hydrogen (secondary N) is 1. The van der Waals surface area contributed by atoms with E-state index in [-0.39, 0.29) is 42.9 Å². The number of benzene rings is 1. The maximum atomic E-state index is 12.6. The third-order valence-electron chi connectivity index (χ3n) is 3.97. The van der Waals surface area contributed by atoms with Crippen molar-refractivity contribution in [2.24, 2.45) is 0 Å². The van der Waals surface area contributed by atoms with Gasteiger partial charge < -0.3 is 14.8 Å². The Morgan fingerprint density at radius 1 is 1.35 bits per heavy atom. The number of carbonyl (C=O) groups excluding carboxylic acids is 2. The fourth-order valence-electron chi connectivity index (χ4n) is 2.88. The first-order valence-electron chi connectivity index (χ1n) is 8.34. The normalized spacial score (nSPS) is 17.2. The molecule has 1 aromatic carbocycles. The third kappa shape index (κ3) is 4.66. The van der Waals surface area contributed by atoms with Gasteiger partial charge in [0, 0.05) is 29.7 Å². The number of carbonyl (C=O) groups is 2. The SMILES string of the molecule is CC1=C(C(=O)OCCOC(C)C)[C@H](c2ccccc2[N+](=O)[O-])CC(=O)N1. The van der Waals surface area contributed by atoms with Crippen LogP contribution in [0, 0.1) is 10.1 Å². The number of amides is 1. The van der Waals surface area contributed by atoms with Crippen LogP contribution in [0.15, 0.2) is 35.5 Å². The largest absolute Gasteiger partial charge is 0.460 e. The molecule has 1 N–H and O–H groups in total. The minimum Gasteiger partial charge on any atom is -0.460 e. The van der Waals surface area contributed by atoms with Crippen molar-refractivity contribution in [1.29, 1.82) is 0 Å². The van der Waals surface area contributed by atoms with Crippen molar-refractivity contribution >= 4 is 17.6 Å². The minimum absolute atomic E-state index is 0.0170. The molecule has 1 heterocycles. The van der Waals surface area contributed by atoms with E-state index >= 15 is 0 Å². The highest BCUT2D eigenvalue weighted by Gasteiger charge is 2.36. The number of allylic oxidation sites excluding steroid dienone is 1. The summed E-state index contributed by atoms with van der Waals surface area (Å²) in [4.78, 5) is 35.3. The Morgan fingerprint density at radius 3 is 2.69 bits per heavy atom. The topological polar surface area (TPSA) is 108 Å². The van der Waals surface area contributed by atoms with Crippen LogP contribution in [0.2, 0.25) is 0 Å². The van der Waals surface area contributed by atoms with Gasteiger partial charge in [-0.15, -0.1) is 0 Å². The summed E-state index contributed by atoms with van der Waals surface area (Å²) in [6.07, 6.45) is -0.0434. The van der Waals surface area contributed by atoms with E-state index < -0.39 is 16.8 Å². The number of para-hydroxylation sites is 1. The molecule has 2 rings (SSSR count). The molecule has 8 heteroatoms. The summed E-state index contributed by atoms with van der Waals surface area (Å²) in [7, 11) is 0. The molecule has 0 bridgehead atoms. The summed E-state index contributed by atoms with van der Waals surface area (Å²) >= 11 is 0. The number of hydrogen-bond acceptors (Lipinski definition) is 6. The zero-order chi connectivity index (χ0) is 19.3. The van der Waals surface area contributed by atoms with Crippen LogP contribution in [-0.4, -0.2) is 36.1 Å². The predicted octanol–water partition coefficient (Wildman–Crippen LogP) is 2.44. The van der Waals surface area contributed by atoms with Gasteiger partial charge in [-0.1, -0.05) is 18.2 Å². The molecule has 8 nitrogen and oxygen atoms in total. The molecule has 0 spiro atoms. The molecule has 0 aliphatic carbocycles. The Bertz CT molecular complexity index is 741. The molecule has 26 heavy (non-hydrogen) atoms. The Labute approximate surface area is 151 Å². The molecule has 0 radical (unpaired) electrons. The predicted molar refractivity (Wildman–Crippen MR) is 93.3 cm³/mol. The fourth-order valence-corrected chi connectivity index (χ4v) is 2.88. The zero-order valence-electron chi connectivity index (χ0n) is 15.0. The standard InChI is InChI=1S/C18H22N2O6/c1-11(2)25-8-9-26-18(22)17-12(3)19-16(21)10-14(17)13-6-4-5-7-15(13)20(23)24/h4-7,11,14H,8-10H2,1-3H3,(H,19,21)/t14-/m0/s1. The lowest BCUT2D eigenvalue weighted by atomic mass is 9.83. The van der Waals surface area contributed by atoms with Gasteiger partial charge in [-0.3, -0.25) is 14.9 Å². The van der Waals surface area contributed by atoms with E-state index in [1.165, 1.54) is 6.07 Å². The molecule has 0 saturated carbocycles. The van der Waals surface area contributed by atoms with Crippen LogP contribution in [0.1, 0.15) is 38.7 Å². The lowest BCUT2D eigenvalue weighted by molar-refractivity contribution is -0.385. The highest BCUT2D eigenvalue weighted by molar-refractivity contribution is 5.96. The van der Waals surface area contributed by atoms with Gasteiger partial charge in [-0.25, -0.2) is 4.79 Å². The highest BCUT2D eigenvalue weighted by Crippen LogP contribution is 2.37. The Kier molecular flexibility index (Phi) is 6.46. The average molecular weight is 362 g/mol. The molecule has 1 amide bonds. The van der Waals surface area contributed by atoms with E-state index in [2.05, 4.69) is 5.32 Å². The first-order valence-corrected chi connectivity index (χ1v) is 8.34. The van der Waals surface area contributed by atoms with Crippen molar-refractivity contribution in [2.45, 2.75) is 39.2 Å². The summed E-state index contributed by atoms with van der Waals surface area (Å²) < 4.78 is 10.6. The summed E-state index contributed by atoms with van der Waals surface area (Å²) in [5.41, 5.74) is 0.758. The van der Waals surface area contributed by atoms with Gasteiger partial charge in [0.2, 0.25) is 5.91 Å². The Morgan fingerprint density at radius 2 is 2.04 bits per heavy atom. The first-order chi connectivity index (χ1) is 12.3. The van der Waals surface area contributed by atoms with Crippen molar-refractivity contribution in [3.8, 4) is 0 Å². The molecular weight excluding hydrogens is 340 g/mol. The van der Waals surface area contributed by atoms with Gasteiger partial charge in [0.1, 0.15) is 6.61 Å². The number of nitro benzene ring substituents is 1. The molecule has 0 unspecified atom stereocenters. The maximum absolute atomic E-state index is 12.6. The molecule has 1 aliphatic heterocycles. The third-order valence-corrected chi connectivity index (χ3v) is 3.97. The lowest BCUT2D eigenvalue weighted by Gasteiger charge is -2.26. The van der Waals surface area contributed by atoms with Crippen molar-refractivity contribution < 1.29 is 24.0 Å². The van der Waals surface area contributed by atoms with Gasteiger partial charge in [0.05, 0.1) is 23.2 Å². The molecule has 1 atom stereocenters. The molecule has 0 aromatic heterocycles. The van der Waals surface area contributed by atoms with Crippen LogP contribution >= 0.6 is 0 Å². The van der Waals surface area contributed by atoms with E-state index in [0.717, 1.165) is 0 Å². The van der Waals surface area contributed by atoms with Crippen LogP contribution in [0.3, 0.4) is 0 Å². The molecular formula is C18H22N2O6. The van der Waals surface area contributed by atoms with Gasteiger partial charge in [-0.05, 0) is 20.8 Å². The van der Waals surface area contributed by atoms with Crippen molar-refractivity contribution in [2.75, 3.05) is 13.2 Å². The summed E-state index contributed by atoms with van der Waals surface area (Å²) in [5, 5.41) is 13.9. The van der Waals surface area contributed by atoms with Crippen LogP contribution in [-0.2, 0) is 19.1 Å². The zero-order valence-corrected chi connectivity index (χ0v) is 15.0. The monoisotopic (exact) mass is 362 g/mol. The maximum Gasteiger partial charge on any atom is 0.336 e. The second kappa shape index (κ2) is 8.57. The summed E-state index contributed by atoms with van der Waals surface area (Å²) in [5.74, 6) is -1.65. The molecule has 0 fully saturated rings. The number of esters is 1. The van der Waals surface area contributed by atoms with E-state index in [1.54, 1.807) is 25.1 Å². The van der Waals surface area contributed by atoms with Gasteiger partial charge in [0.25, 0.3) is 5.69 Å². The van der Waals surface area contributed by atoms with Crippen molar-refractivity contribution in [3.05, 3.63) is 51.2 Å². The van der Waals surface area contributed by atoms with Crippen molar-refractivity contribution in [1.82, 2.24) is 5.32 Å². The lowest BCUT2D eigenvalue weighted by Crippen LogP contribution is -2.34.